The molecule has 28 heavy (non-hydrogen) atoms. The van der Waals surface area contributed by atoms with Gasteiger partial charge in [0, 0.05) is 6.04 Å². The Bertz CT molecular complexity index is 582. The van der Waals surface area contributed by atoms with E-state index in [1.165, 1.54) is 37.9 Å². The van der Waals surface area contributed by atoms with Crippen molar-refractivity contribution in [3.05, 3.63) is 35.9 Å². The molecule has 10 nitrogen and oxygen atoms in total. The molecule has 0 spiro atoms. The van der Waals surface area contributed by atoms with Gasteiger partial charge in [0.1, 0.15) is 0 Å². The Morgan fingerprint density at radius 1 is 0.821 bits per heavy atom. The normalized spacial score (nSPS) is 14.3. The number of carboxylic acid groups (broad SMARTS) is 4. The molecular weight excluding hydrogens is 372 g/mol. The van der Waals surface area contributed by atoms with Crippen LogP contribution >= 0.6 is 0 Å². The van der Waals surface area contributed by atoms with E-state index in [0.717, 1.165) is 13.0 Å². The zero-order valence-corrected chi connectivity index (χ0v) is 15.4. The average Bonchev–Trinajstić information content (AvgIpc) is 2.68. The second-order valence-electron chi connectivity index (χ2n) is 5.93. The highest BCUT2D eigenvalue weighted by atomic mass is 16.4. The number of nitrogens with zero attached hydrogens (tertiary/aromatic N) is 1. The van der Waals surface area contributed by atoms with Crippen molar-refractivity contribution < 1.29 is 39.6 Å². The number of hydrogen-bond acceptors (Lipinski definition) is 6. The van der Waals surface area contributed by atoms with Gasteiger partial charge in [-0.1, -0.05) is 36.8 Å². The van der Waals surface area contributed by atoms with Crippen LogP contribution in [0.2, 0.25) is 0 Å². The van der Waals surface area contributed by atoms with Crippen LogP contribution in [-0.4, -0.2) is 68.8 Å². The highest BCUT2D eigenvalue weighted by Gasteiger charge is 2.12. The van der Waals surface area contributed by atoms with Crippen molar-refractivity contribution in [2.24, 2.45) is 5.73 Å². The highest BCUT2D eigenvalue weighted by molar-refractivity contribution is 6.27. The van der Waals surface area contributed by atoms with E-state index in [1.54, 1.807) is 0 Å². The summed E-state index contributed by atoms with van der Waals surface area (Å²) < 4.78 is 0. The Balaban J connectivity index is 0.000000505. The molecular formula is C18H26N2O8. The molecule has 10 heteroatoms. The largest absolute Gasteiger partial charge is 0.473 e. The van der Waals surface area contributed by atoms with Gasteiger partial charge in [-0.3, -0.25) is 0 Å². The summed E-state index contributed by atoms with van der Waals surface area (Å²) in [6, 6.07) is 10.6. The number of carboxylic acids is 4. The van der Waals surface area contributed by atoms with Gasteiger partial charge in [0.15, 0.2) is 0 Å². The first kappa shape index (κ1) is 25.0. The van der Waals surface area contributed by atoms with Gasteiger partial charge in [0.25, 0.3) is 0 Å². The maximum Gasteiger partial charge on any atom is 0.414 e. The van der Waals surface area contributed by atoms with E-state index in [1.807, 2.05) is 6.07 Å². The van der Waals surface area contributed by atoms with E-state index in [4.69, 9.17) is 45.3 Å². The molecule has 0 bridgehead atoms. The molecule has 1 aliphatic rings. The van der Waals surface area contributed by atoms with Crippen molar-refractivity contribution in [1.29, 1.82) is 0 Å². The summed E-state index contributed by atoms with van der Waals surface area (Å²) in [5.41, 5.74) is 7.45. The number of rotatable bonds is 4. The van der Waals surface area contributed by atoms with Crippen LogP contribution in [0.5, 0.6) is 0 Å². The molecule has 156 valence electrons. The van der Waals surface area contributed by atoms with Crippen molar-refractivity contribution in [2.75, 3.05) is 19.6 Å². The first-order chi connectivity index (χ1) is 13.1. The van der Waals surface area contributed by atoms with Crippen LogP contribution in [0, 0.1) is 0 Å². The second kappa shape index (κ2) is 14.1. The number of piperidine rings is 1. The molecule has 1 atom stereocenters. The molecule has 0 radical (unpaired) electrons. The number of carbonyl (C=O) groups is 4. The van der Waals surface area contributed by atoms with Crippen LogP contribution in [-0.2, 0) is 19.2 Å². The van der Waals surface area contributed by atoms with Crippen molar-refractivity contribution in [2.45, 2.75) is 31.7 Å². The van der Waals surface area contributed by atoms with Crippen molar-refractivity contribution in [1.82, 2.24) is 4.90 Å². The molecule has 1 saturated heterocycles. The van der Waals surface area contributed by atoms with Gasteiger partial charge in [-0.05, 0) is 44.5 Å². The summed E-state index contributed by atoms with van der Waals surface area (Å²) in [6.07, 6.45) is 5.20. The molecule has 1 fully saturated rings. The van der Waals surface area contributed by atoms with Crippen molar-refractivity contribution >= 4 is 23.9 Å². The molecule has 0 amide bonds. The summed E-state index contributed by atoms with van der Waals surface area (Å²) in [5.74, 6) is -7.30. The maximum atomic E-state index is 9.10. The lowest BCUT2D eigenvalue weighted by Crippen LogP contribution is -2.32. The van der Waals surface area contributed by atoms with Gasteiger partial charge in [0.2, 0.25) is 0 Å². The van der Waals surface area contributed by atoms with E-state index in [0.29, 0.717) is 0 Å². The third-order valence-corrected chi connectivity index (χ3v) is 3.80. The van der Waals surface area contributed by atoms with Crippen molar-refractivity contribution in [3.63, 3.8) is 0 Å². The molecule has 0 saturated carbocycles. The smallest absolute Gasteiger partial charge is 0.414 e. The molecule has 1 aliphatic heterocycles. The molecule has 1 aromatic carbocycles. The summed E-state index contributed by atoms with van der Waals surface area (Å²) in [5, 5.41) is 29.6. The Kier molecular flexibility index (Phi) is 12.6. The van der Waals surface area contributed by atoms with E-state index >= 15 is 0 Å². The van der Waals surface area contributed by atoms with Crippen molar-refractivity contribution in [3.8, 4) is 0 Å². The summed E-state index contributed by atoms with van der Waals surface area (Å²) in [6.45, 7) is 3.68. The molecule has 1 heterocycles. The molecule has 2 rings (SSSR count). The minimum atomic E-state index is -1.82. The van der Waals surface area contributed by atoms with Crippen LogP contribution in [0.3, 0.4) is 0 Å². The van der Waals surface area contributed by atoms with Crippen LogP contribution < -0.4 is 5.73 Å². The predicted molar refractivity (Wildman–Crippen MR) is 98.8 cm³/mol. The standard InChI is InChI=1S/C14H22N2.2C2H2O4/c15-14(13-7-3-1-4-8-13)9-12-16-10-5-2-6-11-16;2*3-1(4)2(5)6/h1,3-4,7-8,14H,2,5-6,9-12,15H2;2*(H,3,4)(H,5,6). The number of nitrogens with two attached hydrogens (primary N) is 1. The summed E-state index contributed by atoms with van der Waals surface area (Å²) >= 11 is 0. The first-order valence-electron chi connectivity index (χ1n) is 8.60. The Hall–Kier alpha value is -2.98. The first-order valence-corrected chi connectivity index (χ1v) is 8.60. The van der Waals surface area contributed by atoms with Crippen LogP contribution in [0.15, 0.2) is 30.3 Å². The molecule has 1 unspecified atom stereocenters. The summed E-state index contributed by atoms with van der Waals surface area (Å²) in [4.78, 5) is 38.9. The number of likely N-dealkylation sites (tertiary alicyclic amines) is 1. The van der Waals surface area contributed by atoms with E-state index in [9.17, 15) is 0 Å². The van der Waals surface area contributed by atoms with Crippen LogP contribution in [0.1, 0.15) is 37.3 Å². The lowest BCUT2D eigenvalue weighted by molar-refractivity contribution is -0.159. The third-order valence-electron chi connectivity index (χ3n) is 3.80. The zero-order chi connectivity index (χ0) is 21.5. The topological polar surface area (TPSA) is 178 Å². The van der Waals surface area contributed by atoms with E-state index in [2.05, 4.69) is 29.2 Å². The Morgan fingerprint density at radius 2 is 1.25 bits per heavy atom. The Morgan fingerprint density at radius 3 is 1.64 bits per heavy atom. The number of aliphatic carboxylic acids is 4. The fourth-order valence-corrected chi connectivity index (χ4v) is 2.37. The number of benzene rings is 1. The lowest BCUT2D eigenvalue weighted by Gasteiger charge is -2.27. The highest BCUT2D eigenvalue weighted by Crippen LogP contribution is 2.15. The van der Waals surface area contributed by atoms with Crippen LogP contribution in [0.25, 0.3) is 0 Å². The minimum Gasteiger partial charge on any atom is -0.473 e. The predicted octanol–water partition coefficient (Wildman–Crippen LogP) is 0.874. The molecule has 1 aromatic rings. The van der Waals surface area contributed by atoms with Gasteiger partial charge in [-0.2, -0.15) is 0 Å². The molecule has 0 aliphatic carbocycles. The van der Waals surface area contributed by atoms with Gasteiger partial charge < -0.3 is 31.1 Å². The van der Waals surface area contributed by atoms with Crippen LogP contribution in [0.4, 0.5) is 0 Å². The SMILES string of the molecule is NC(CCN1CCCCC1)c1ccccc1.O=C(O)C(=O)O.O=C(O)C(=O)O. The molecule has 0 aromatic heterocycles. The maximum absolute atomic E-state index is 9.10. The second-order valence-corrected chi connectivity index (χ2v) is 5.93. The van der Waals surface area contributed by atoms with E-state index in [-0.39, 0.29) is 6.04 Å². The molecule has 6 N–H and O–H groups in total. The fraction of sp³-hybridized carbons (Fsp3) is 0.444. The van der Waals surface area contributed by atoms with Gasteiger partial charge >= 0.3 is 23.9 Å². The monoisotopic (exact) mass is 398 g/mol. The Labute approximate surface area is 162 Å². The van der Waals surface area contributed by atoms with E-state index < -0.39 is 23.9 Å². The number of hydrogen-bond donors (Lipinski definition) is 5. The van der Waals surface area contributed by atoms with Gasteiger partial charge in [-0.25, -0.2) is 19.2 Å². The van der Waals surface area contributed by atoms with Gasteiger partial charge in [-0.15, -0.1) is 0 Å². The third kappa shape index (κ3) is 12.4. The fourth-order valence-electron chi connectivity index (χ4n) is 2.37. The minimum absolute atomic E-state index is 0.197. The quantitative estimate of drug-likeness (QED) is 0.457. The average molecular weight is 398 g/mol. The summed E-state index contributed by atoms with van der Waals surface area (Å²) in [7, 11) is 0. The lowest BCUT2D eigenvalue weighted by atomic mass is 10.0. The zero-order valence-electron chi connectivity index (χ0n) is 15.4. The van der Waals surface area contributed by atoms with Gasteiger partial charge in [0.05, 0.1) is 0 Å².